The minimum Gasteiger partial charge on any atom is -0.465 e. The first kappa shape index (κ1) is 26.2. The average Bonchev–Trinajstić information content (AvgIpc) is 2.85. The van der Waals surface area contributed by atoms with Gasteiger partial charge in [0.25, 0.3) is 0 Å². The van der Waals surface area contributed by atoms with E-state index in [4.69, 9.17) is 9.47 Å². The average molecular weight is 462 g/mol. The number of hydrogen-bond donors (Lipinski definition) is 2. The van der Waals surface area contributed by atoms with Crippen molar-refractivity contribution in [2.75, 3.05) is 13.2 Å². The molecule has 2 N–H and O–H groups in total. The summed E-state index contributed by atoms with van der Waals surface area (Å²) >= 11 is 0. The molecule has 1 aromatic carbocycles. The summed E-state index contributed by atoms with van der Waals surface area (Å²) in [6.07, 6.45) is -0.407. The molecule has 0 spiro atoms. The lowest BCUT2D eigenvalue weighted by atomic mass is 9.87. The predicted molar refractivity (Wildman–Crippen MR) is 122 cm³/mol. The van der Waals surface area contributed by atoms with Crippen LogP contribution in [0, 0.1) is 5.92 Å². The van der Waals surface area contributed by atoms with Crippen LogP contribution in [0.3, 0.4) is 0 Å². The van der Waals surface area contributed by atoms with Gasteiger partial charge in [-0.05, 0) is 38.8 Å². The smallest absolute Gasteiger partial charge is 0.408 e. The number of hydrogen-bond acceptors (Lipinski definition) is 6. The molecule has 3 amide bonds. The fourth-order valence-electron chi connectivity index (χ4n) is 3.96. The van der Waals surface area contributed by atoms with E-state index in [-0.39, 0.29) is 32.0 Å². The molecule has 0 saturated carbocycles. The van der Waals surface area contributed by atoms with Crippen LogP contribution < -0.4 is 10.6 Å². The van der Waals surface area contributed by atoms with Crippen molar-refractivity contribution in [3.8, 4) is 0 Å². The summed E-state index contributed by atoms with van der Waals surface area (Å²) in [6.45, 7) is 10.6. The minimum absolute atomic E-state index is 0.201. The van der Waals surface area contributed by atoms with Crippen LogP contribution in [-0.4, -0.2) is 53.6 Å². The Labute approximate surface area is 195 Å². The monoisotopic (exact) mass is 461 g/mol. The van der Waals surface area contributed by atoms with Crippen LogP contribution in [-0.2, 0) is 30.4 Å². The molecule has 0 bridgehead atoms. The van der Waals surface area contributed by atoms with Gasteiger partial charge in [0.05, 0.1) is 12.6 Å². The summed E-state index contributed by atoms with van der Waals surface area (Å²) in [5, 5.41) is 5.49. The number of alkyl carbamates (subject to hydrolysis) is 1. The van der Waals surface area contributed by atoms with Gasteiger partial charge in [-0.1, -0.05) is 38.1 Å². The molecule has 0 aliphatic carbocycles. The lowest BCUT2D eigenvalue weighted by Crippen LogP contribution is -2.54. The van der Waals surface area contributed by atoms with Crippen LogP contribution in [0.1, 0.15) is 65.1 Å². The van der Waals surface area contributed by atoms with Crippen LogP contribution in [0.2, 0.25) is 0 Å². The van der Waals surface area contributed by atoms with Gasteiger partial charge < -0.3 is 25.0 Å². The number of benzene rings is 1. The quantitative estimate of drug-likeness (QED) is 0.630. The topological polar surface area (TPSA) is 114 Å². The molecule has 1 heterocycles. The standard InChI is InChI=1S/C24H35N3O6/c1-7-18(28)27-14-16-11-9-10-12-17(16)20(26-23(31)33-24(4,5)6)15(3)21(27)22(30)25-13-19(29)32-8-2/h9-12,15,20-21H,7-8,13-14H2,1-6H3,(H,25,30)(H,26,31)/t15-,20-,21-/m0/s1. The highest BCUT2D eigenvalue weighted by Crippen LogP contribution is 2.35. The fraction of sp³-hybridized carbons (Fsp3) is 0.583. The zero-order chi connectivity index (χ0) is 24.8. The number of nitrogens with zero attached hydrogens (tertiary/aromatic N) is 1. The molecule has 3 atom stereocenters. The maximum absolute atomic E-state index is 13.3. The number of amides is 3. The summed E-state index contributed by atoms with van der Waals surface area (Å²) in [4.78, 5) is 52.1. The van der Waals surface area contributed by atoms with Gasteiger partial charge in [0.1, 0.15) is 18.2 Å². The molecule has 0 saturated heterocycles. The van der Waals surface area contributed by atoms with E-state index in [0.717, 1.165) is 11.1 Å². The Morgan fingerprint density at radius 2 is 1.79 bits per heavy atom. The summed E-state index contributed by atoms with van der Waals surface area (Å²) in [6, 6.07) is 5.94. The Bertz CT molecular complexity index is 879. The zero-order valence-electron chi connectivity index (χ0n) is 20.3. The second-order valence-electron chi connectivity index (χ2n) is 9.02. The number of ether oxygens (including phenoxy) is 2. The highest BCUT2D eigenvalue weighted by molar-refractivity contribution is 5.90. The van der Waals surface area contributed by atoms with Crippen LogP contribution in [0.5, 0.6) is 0 Å². The minimum atomic E-state index is -0.917. The van der Waals surface area contributed by atoms with Gasteiger partial charge in [-0.3, -0.25) is 14.4 Å². The molecular formula is C24H35N3O6. The van der Waals surface area contributed by atoms with Crippen molar-refractivity contribution >= 4 is 23.9 Å². The van der Waals surface area contributed by atoms with E-state index in [1.807, 2.05) is 24.3 Å². The Morgan fingerprint density at radius 1 is 1.12 bits per heavy atom. The van der Waals surface area contributed by atoms with Crippen molar-refractivity contribution in [1.29, 1.82) is 0 Å². The van der Waals surface area contributed by atoms with E-state index in [2.05, 4.69) is 10.6 Å². The molecule has 182 valence electrons. The first-order valence-corrected chi connectivity index (χ1v) is 11.3. The van der Waals surface area contributed by atoms with Gasteiger partial charge in [-0.2, -0.15) is 0 Å². The molecule has 0 aromatic heterocycles. The predicted octanol–water partition coefficient (Wildman–Crippen LogP) is 2.69. The van der Waals surface area contributed by atoms with E-state index in [9.17, 15) is 19.2 Å². The number of carbonyl (C=O) groups is 4. The Balaban J connectivity index is 2.43. The maximum atomic E-state index is 13.3. The second kappa shape index (κ2) is 11.2. The number of carbonyl (C=O) groups excluding carboxylic acids is 4. The molecule has 0 radical (unpaired) electrons. The number of rotatable bonds is 6. The Kier molecular flexibility index (Phi) is 8.84. The van der Waals surface area contributed by atoms with Crippen LogP contribution >= 0.6 is 0 Å². The highest BCUT2D eigenvalue weighted by Gasteiger charge is 2.42. The van der Waals surface area contributed by atoms with Crippen LogP contribution in [0.25, 0.3) is 0 Å². The number of nitrogens with one attached hydrogen (secondary N) is 2. The molecule has 9 heteroatoms. The van der Waals surface area contributed by atoms with Gasteiger partial charge >= 0.3 is 12.1 Å². The molecule has 33 heavy (non-hydrogen) atoms. The number of fused-ring (bicyclic) bond motifs is 1. The Hall–Kier alpha value is -3.10. The number of esters is 1. The molecule has 0 fully saturated rings. The molecule has 9 nitrogen and oxygen atoms in total. The lowest BCUT2D eigenvalue weighted by Gasteiger charge is -2.35. The third-order valence-electron chi connectivity index (χ3n) is 5.37. The van der Waals surface area contributed by atoms with E-state index in [0.29, 0.717) is 0 Å². The molecule has 1 aromatic rings. The highest BCUT2D eigenvalue weighted by atomic mass is 16.6. The third-order valence-corrected chi connectivity index (χ3v) is 5.37. The first-order valence-electron chi connectivity index (χ1n) is 11.3. The molecule has 1 aliphatic heterocycles. The lowest BCUT2D eigenvalue weighted by molar-refractivity contribution is -0.146. The first-order chi connectivity index (χ1) is 15.5. The van der Waals surface area contributed by atoms with Crippen molar-refractivity contribution in [2.24, 2.45) is 5.92 Å². The fourth-order valence-corrected chi connectivity index (χ4v) is 3.96. The normalized spacial score (nSPS) is 20.2. The van der Waals surface area contributed by atoms with Crippen molar-refractivity contribution < 1.29 is 28.7 Å². The van der Waals surface area contributed by atoms with Gasteiger partial charge in [-0.25, -0.2) is 4.79 Å². The van der Waals surface area contributed by atoms with Crippen molar-refractivity contribution in [3.63, 3.8) is 0 Å². The van der Waals surface area contributed by atoms with Gasteiger partial charge in [-0.15, -0.1) is 0 Å². The van der Waals surface area contributed by atoms with Gasteiger partial charge in [0, 0.05) is 18.9 Å². The van der Waals surface area contributed by atoms with Crippen molar-refractivity contribution in [1.82, 2.24) is 15.5 Å². The van der Waals surface area contributed by atoms with Crippen molar-refractivity contribution in [3.05, 3.63) is 35.4 Å². The van der Waals surface area contributed by atoms with E-state index >= 15 is 0 Å². The third kappa shape index (κ3) is 6.94. The van der Waals surface area contributed by atoms with E-state index in [1.165, 1.54) is 4.90 Å². The summed E-state index contributed by atoms with van der Waals surface area (Å²) in [5.41, 5.74) is 0.941. The zero-order valence-corrected chi connectivity index (χ0v) is 20.3. The summed E-state index contributed by atoms with van der Waals surface area (Å²) in [7, 11) is 0. The molecule has 2 rings (SSSR count). The van der Waals surface area contributed by atoms with E-state index < -0.39 is 41.6 Å². The van der Waals surface area contributed by atoms with Gasteiger partial charge in [0.2, 0.25) is 11.8 Å². The summed E-state index contributed by atoms with van der Waals surface area (Å²) < 4.78 is 10.3. The molecule has 0 unspecified atom stereocenters. The summed E-state index contributed by atoms with van der Waals surface area (Å²) in [5.74, 6) is -1.77. The second-order valence-corrected chi connectivity index (χ2v) is 9.02. The largest absolute Gasteiger partial charge is 0.465 e. The van der Waals surface area contributed by atoms with E-state index in [1.54, 1.807) is 41.5 Å². The maximum Gasteiger partial charge on any atom is 0.408 e. The van der Waals surface area contributed by atoms with Crippen molar-refractivity contribution in [2.45, 2.75) is 72.2 Å². The Morgan fingerprint density at radius 3 is 2.39 bits per heavy atom. The molecule has 1 aliphatic rings. The molecular weight excluding hydrogens is 426 g/mol. The van der Waals surface area contributed by atoms with Crippen LogP contribution in [0.4, 0.5) is 4.79 Å². The SMILES string of the molecule is CCOC(=O)CNC(=O)[C@@H]1[C@@H](C)[C@H](NC(=O)OC(C)(C)C)c2ccccc2CN1C(=O)CC. The van der Waals surface area contributed by atoms with Gasteiger partial charge in [0.15, 0.2) is 0 Å². The van der Waals surface area contributed by atoms with Crippen LogP contribution in [0.15, 0.2) is 24.3 Å².